The molecule has 0 spiro atoms. The minimum atomic E-state index is -0.805. The average Bonchev–Trinajstić information content (AvgIpc) is 3.55. The highest BCUT2D eigenvalue weighted by atomic mass is 16.6. The van der Waals surface area contributed by atoms with Crippen molar-refractivity contribution >= 4 is 11.9 Å². The summed E-state index contributed by atoms with van der Waals surface area (Å²) in [5.41, 5.74) is 0. The van der Waals surface area contributed by atoms with Gasteiger partial charge in [0, 0.05) is 12.8 Å². The third kappa shape index (κ3) is 70.7. The van der Waals surface area contributed by atoms with Gasteiger partial charge in [0.1, 0.15) is 6.61 Å². The van der Waals surface area contributed by atoms with E-state index in [4.69, 9.17) is 9.47 Å². The Bertz CT molecular complexity index is 2060. The molecule has 5 nitrogen and oxygen atoms in total. The van der Waals surface area contributed by atoms with Gasteiger partial charge in [0.2, 0.25) is 0 Å². The van der Waals surface area contributed by atoms with E-state index < -0.39 is 6.10 Å². The molecule has 1 N–H and O–H groups in total. The van der Waals surface area contributed by atoms with Crippen LogP contribution in [0.25, 0.3) is 0 Å². The van der Waals surface area contributed by atoms with Crippen LogP contribution in [0, 0.1) is 0 Å². The Balaban J connectivity index is 3.64. The fourth-order valence-corrected chi connectivity index (χ4v) is 8.72. The molecule has 0 aromatic carbocycles. The quantitative estimate of drug-likeness (QED) is 0.0373. The average molecular weight is 1180 g/mol. The van der Waals surface area contributed by atoms with Gasteiger partial charge in [-0.05, 0) is 154 Å². The standard InChI is InChI=1S/C81H124O5/c1-3-5-7-9-11-13-15-17-19-21-23-25-27-29-31-33-35-37-39-40-42-43-45-47-49-51-53-55-57-59-61-63-65-67-69-71-73-75-80(83)85-78-79(77-82)86-81(84)76-74-72-70-68-66-64-62-60-58-56-54-52-50-48-46-44-41-38-36-34-32-30-28-26-24-22-20-18-16-14-12-10-8-6-4-2/h5-8,11-14,17-20,23-26,29-32,35-38,40,42,44-47,50,52,56,58,62,64,79,82H,3-4,9-10,15-16,21-22,27-28,33-34,39,41,43,48-49,51,53-55,57,59-61,63,65-78H2,1-2H3/b7-5-,8-6-,13-11-,14-12-,19-17-,20-18-,25-23-,26-24-,31-29-,32-30-,37-35-,38-36-,42-40-,46-44-,47-45-,52-50-,58-56-,64-62-. The molecule has 0 aliphatic heterocycles. The molecule has 0 amide bonds. The lowest BCUT2D eigenvalue weighted by molar-refractivity contribution is -0.161. The highest BCUT2D eigenvalue weighted by Crippen LogP contribution is 2.15. The van der Waals surface area contributed by atoms with Crippen LogP contribution in [0.1, 0.15) is 258 Å². The van der Waals surface area contributed by atoms with Crippen molar-refractivity contribution in [2.75, 3.05) is 13.2 Å². The zero-order valence-corrected chi connectivity index (χ0v) is 54.7. The Labute approximate surface area is 529 Å². The third-order valence-electron chi connectivity index (χ3n) is 13.8. The first kappa shape index (κ1) is 80.2. The van der Waals surface area contributed by atoms with Crippen molar-refractivity contribution in [3.05, 3.63) is 219 Å². The van der Waals surface area contributed by atoms with Gasteiger partial charge in [-0.15, -0.1) is 0 Å². The summed E-state index contributed by atoms with van der Waals surface area (Å²) in [5, 5.41) is 9.70. The van der Waals surface area contributed by atoms with Gasteiger partial charge in [0.25, 0.3) is 0 Å². The summed E-state index contributed by atoms with van der Waals surface area (Å²) < 4.78 is 10.7. The van der Waals surface area contributed by atoms with Crippen LogP contribution in [-0.2, 0) is 19.1 Å². The number of rotatable bonds is 60. The molecule has 0 fully saturated rings. The van der Waals surface area contributed by atoms with Gasteiger partial charge in [0.05, 0.1) is 6.61 Å². The van der Waals surface area contributed by atoms with E-state index in [0.717, 1.165) is 167 Å². The van der Waals surface area contributed by atoms with Gasteiger partial charge in [-0.25, -0.2) is 0 Å². The highest BCUT2D eigenvalue weighted by molar-refractivity contribution is 5.70. The number of aliphatic hydroxyl groups excluding tert-OH is 1. The van der Waals surface area contributed by atoms with Gasteiger partial charge < -0.3 is 14.6 Å². The molecule has 0 aromatic rings. The molecule has 0 heterocycles. The third-order valence-corrected chi connectivity index (χ3v) is 13.8. The van der Waals surface area contributed by atoms with Crippen molar-refractivity contribution in [1.82, 2.24) is 0 Å². The topological polar surface area (TPSA) is 72.8 Å². The number of aliphatic hydroxyl groups is 1. The van der Waals surface area contributed by atoms with Crippen molar-refractivity contribution in [2.24, 2.45) is 0 Å². The maximum atomic E-state index is 12.4. The fraction of sp³-hybridized carbons (Fsp3) is 0.531. The molecule has 0 saturated carbocycles. The van der Waals surface area contributed by atoms with Gasteiger partial charge >= 0.3 is 11.9 Å². The van der Waals surface area contributed by atoms with Crippen molar-refractivity contribution in [1.29, 1.82) is 0 Å². The van der Waals surface area contributed by atoms with Crippen LogP contribution in [-0.4, -0.2) is 36.4 Å². The molecule has 0 radical (unpaired) electrons. The Morgan fingerprint density at radius 1 is 0.267 bits per heavy atom. The van der Waals surface area contributed by atoms with Crippen LogP contribution in [0.5, 0.6) is 0 Å². The number of unbranched alkanes of at least 4 members (excludes halogenated alkanes) is 16. The first-order valence-corrected chi connectivity index (χ1v) is 34.3. The van der Waals surface area contributed by atoms with Crippen LogP contribution < -0.4 is 0 Å². The normalized spacial score (nSPS) is 13.7. The first-order chi connectivity index (χ1) is 42.6. The maximum absolute atomic E-state index is 12.4. The lowest BCUT2D eigenvalue weighted by Crippen LogP contribution is -2.28. The van der Waals surface area contributed by atoms with E-state index in [2.05, 4.69) is 233 Å². The van der Waals surface area contributed by atoms with Crippen molar-refractivity contribution in [2.45, 2.75) is 264 Å². The molecule has 0 aliphatic carbocycles. The number of allylic oxidation sites excluding steroid dienone is 36. The number of carbonyl (C=O) groups excluding carboxylic acids is 2. The lowest BCUT2D eigenvalue weighted by Gasteiger charge is -2.15. The predicted molar refractivity (Wildman–Crippen MR) is 379 cm³/mol. The maximum Gasteiger partial charge on any atom is 0.306 e. The Morgan fingerprint density at radius 3 is 0.698 bits per heavy atom. The Morgan fingerprint density at radius 2 is 0.465 bits per heavy atom. The number of ether oxygens (including phenoxy) is 2. The molecule has 478 valence electrons. The van der Waals surface area contributed by atoms with Crippen molar-refractivity contribution in [3.8, 4) is 0 Å². The van der Waals surface area contributed by atoms with Crippen LogP contribution in [0.2, 0.25) is 0 Å². The molecular formula is C81H124O5. The van der Waals surface area contributed by atoms with E-state index >= 15 is 0 Å². The number of carbonyl (C=O) groups is 2. The van der Waals surface area contributed by atoms with Gasteiger partial charge in [-0.3, -0.25) is 9.59 Å². The summed E-state index contributed by atoms with van der Waals surface area (Å²) in [5.74, 6) is -0.636. The van der Waals surface area contributed by atoms with Crippen LogP contribution in [0.4, 0.5) is 0 Å². The number of hydrogen-bond donors (Lipinski definition) is 1. The molecule has 0 bridgehead atoms. The second-order valence-electron chi connectivity index (χ2n) is 21.8. The second-order valence-corrected chi connectivity index (χ2v) is 21.8. The second kappa shape index (κ2) is 73.5. The molecule has 0 aromatic heterocycles. The number of hydrogen-bond acceptors (Lipinski definition) is 5. The molecule has 1 unspecified atom stereocenters. The lowest BCUT2D eigenvalue weighted by atomic mass is 10.0. The van der Waals surface area contributed by atoms with E-state index in [9.17, 15) is 14.7 Å². The zero-order valence-electron chi connectivity index (χ0n) is 54.7. The molecule has 0 saturated heterocycles. The molecule has 1 atom stereocenters. The Kier molecular flexibility index (Phi) is 68.5. The summed E-state index contributed by atoms with van der Waals surface area (Å²) in [6.07, 6.45) is 119. The predicted octanol–water partition coefficient (Wildman–Crippen LogP) is 24.3. The minimum Gasteiger partial charge on any atom is -0.462 e. The summed E-state index contributed by atoms with van der Waals surface area (Å²) in [7, 11) is 0. The monoisotopic (exact) mass is 1180 g/mol. The van der Waals surface area contributed by atoms with E-state index in [1.807, 2.05) is 0 Å². The molecular weight excluding hydrogens is 1050 g/mol. The molecule has 0 rings (SSSR count). The van der Waals surface area contributed by atoms with Gasteiger partial charge in [-0.2, -0.15) is 0 Å². The zero-order chi connectivity index (χ0) is 61.9. The Hall–Kier alpha value is -5.78. The largest absolute Gasteiger partial charge is 0.462 e. The fourth-order valence-electron chi connectivity index (χ4n) is 8.72. The summed E-state index contributed by atoms with van der Waals surface area (Å²) in [6.45, 7) is 3.88. The summed E-state index contributed by atoms with van der Waals surface area (Å²) in [4.78, 5) is 24.6. The van der Waals surface area contributed by atoms with E-state index in [0.29, 0.717) is 12.8 Å². The summed E-state index contributed by atoms with van der Waals surface area (Å²) >= 11 is 0. The van der Waals surface area contributed by atoms with Crippen LogP contribution in [0.3, 0.4) is 0 Å². The van der Waals surface area contributed by atoms with Gasteiger partial charge in [-0.1, -0.05) is 310 Å². The van der Waals surface area contributed by atoms with Crippen molar-refractivity contribution in [3.63, 3.8) is 0 Å². The molecule has 0 aliphatic rings. The first-order valence-electron chi connectivity index (χ1n) is 34.3. The molecule has 5 heteroatoms. The SMILES string of the molecule is CC/C=C\C/C=C\C/C=C\C/C=C\C/C=C\C/C=C\C/C=C\C/C=C\C/C=C\C/C=C\CCCCCCC(=O)OC(CO)COC(=O)CCCCCCCCCCCCCC/C=C\C/C=C\C/C=C\C/C=C\C/C=C\C/C=C\C/C=C\C/C=C\CC. The van der Waals surface area contributed by atoms with E-state index in [-0.39, 0.29) is 25.2 Å². The van der Waals surface area contributed by atoms with Crippen LogP contribution >= 0.6 is 0 Å². The highest BCUT2D eigenvalue weighted by Gasteiger charge is 2.16. The molecule has 86 heavy (non-hydrogen) atoms. The minimum absolute atomic E-state index is 0.0914. The van der Waals surface area contributed by atoms with E-state index in [1.165, 1.54) is 64.2 Å². The number of esters is 2. The van der Waals surface area contributed by atoms with Gasteiger partial charge in [0.15, 0.2) is 6.10 Å². The van der Waals surface area contributed by atoms with Crippen LogP contribution in [0.15, 0.2) is 219 Å². The van der Waals surface area contributed by atoms with Crippen molar-refractivity contribution < 1.29 is 24.2 Å². The van der Waals surface area contributed by atoms with E-state index in [1.54, 1.807) is 0 Å². The summed E-state index contributed by atoms with van der Waals surface area (Å²) in [6, 6.07) is 0. The smallest absolute Gasteiger partial charge is 0.306 e.